The molecule has 0 bridgehead atoms. The van der Waals surface area contributed by atoms with E-state index in [1.165, 1.54) is 6.42 Å². The van der Waals surface area contributed by atoms with Crippen molar-refractivity contribution in [3.05, 3.63) is 24.3 Å². The van der Waals surface area contributed by atoms with Crippen molar-refractivity contribution in [1.82, 2.24) is 4.90 Å². The maximum atomic E-state index is 8.63. The number of nitrogens with zero attached hydrogens (tertiary/aromatic N) is 1. The number of allylic oxidation sites excluding steroid dienone is 3. The van der Waals surface area contributed by atoms with E-state index in [4.69, 9.17) is 5.11 Å². The molecule has 76 valence electrons. The molecule has 1 N–H and O–H groups in total. The van der Waals surface area contributed by atoms with Crippen LogP contribution in [0.3, 0.4) is 0 Å². The normalized spacial score (nSPS) is 12.3. The van der Waals surface area contributed by atoms with E-state index in [0.717, 1.165) is 19.5 Å². The molecule has 0 aromatic rings. The summed E-state index contributed by atoms with van der Waals surface area (Å²) < 4.78 is 0. The molecule has 0 aliphatic heterocycles. The first kappa shape index (κ1) is 12.4. The van der Waals surface area contributed by atoms with Gasteiger partial charge in [0, 0.05) is 13.1 Å². The van der Waals surface area contributed by atoms with Gasteiger partial charge >= 0.3 is 0 Å². The summed E-state index contributed by atoms with van der Waals surface area (Å²) in [6.45, 7) is 4.04. The molecule has 0 saturated carbocycles. The molecule has 13 heavy (non-hydrogen) atoms. The zero-order chi connectivity index (χ0) is 9.94. The van der Waals surface area contributed by atoms with Gasteiger partial charge in [-0.05, 0) is 13.5 Å². The largest absolute Gasteiger partial charge is 0.395 e. The van der Waals surface area contributed by atoms with Gasteiger partial charge < -0.3 is 10.0 Å². The van der Waals surface area contributed by atoms with Crippen molar-refractivity contribution in [3.8, 4) is 0 Å². The quantitative estimate of drug-likeness (QED) is 0.609. The van der Waals surface area contributed by atoms with Crippen LogP contribution in [-0.2, 0) is 0 Å². The van der Waals surface area contributed by atoms with Gasteiger partial charge in [0.1, 0.15) is 0 Å². The highest BCUT2D eigenvalue weighted by Crippen LogP contribution is 1.89. The van der Waals surface area contributed by atoms with Crippen molar-refractivity contribution in [2.45, 2.75) is 19.8 Å². The molecule has 0 spiro atoms. The van der Waals surface area contributed by atoms with Crippen LogP contribution >= 0.6 is 0 Å². The molecule has 2 nitrogen and oxygen atoms in total. The van der Waals surface area contributed by atoms with E-state index in [2.05, 4.69) is 36.1 Å². The van der Waals surface area contributed by atoms with E-state index in [-0.39, 0.29) is 6.61 Å². The lowest BCUT2D eigenvalue weighted by Gasteiger charge is -2.10. The van der Waals surface area contributed by atoms with E-state index in [1.54, 1.807) is 0 Å². The molecule has 0 aromatic heterocycles. The summed E-state index contributed by atoms with van der Waals surface area (Å²) in [4.78, 5) is 2.07. The van der Waals surface area contributed by atoms with Gasteiger partial charge in [-0.3, -0.25) is 0 Å². The lowest BCUT2D eigenvalue weighted by Crippen LogP contribution is -2.21. The predicted molar refractivity (Wildman–Crippen MR) is 57.8 cm³/mol. The maximum absolute atomic E-state index is 8.63. The van der Waals surface area contributed by atoms with Crippen LogP contribution in [0.25, 0.3) is 0 Å². The second kappa shape index (κ2) is 9.49. The fraction of sp³-hybridized carbons (Fsp3) is 0.636. The molecule has 0 fully saturated rings. The molecule has 0 unspecified atom stereocenters. The highest BCUT2D eigenvalue weighted by Gasteiger charge is 1.90. The molecule has 0 atom stereocenters. The van der Waals surface area contributed by atoms with Crippen molar-refractivity contribution in [2.24, 2.45) is 0 Å². The van der Waals surface area contributed by atoms with Crippen LogP contribution in [0.4, 0.5) is 0 Å². The Labute approximate surface area is 81.6 Å². The van der Waals surface area contributed by atoms with Gasteiger partial charge in [0.15, 0.2) is 0 Å². The molecule has 0 aliphatic rings. The zero-order valence-corrected chi connectivity index (χ0v) is 8.74. The Morgan fingerprint density at radius 3 is 2.54 bits per heavy atom. The van der Waals surface area contributed by atoms with E-state index in [1.807, 2.05) is 7.05 Å². The number of aliphatic hydroxyl groups excluding tert-OH is 1. The fourth-order valence-corrected chi connectivity index (χ4v) is 0.923. The van der Waals surface area contributed by atoms with E-state index < -0.39 is 0 Å². The van der Waals surface area contributed by atoms with E-state index in [0.29, 0.717) is 0 Å². The van der Waals surface area contributed by atoms with Crippen LogP contribution in [-0.4, -0.2) is 36.8 Å². The van der Waals surface area contributed by atoms with Crippen molar-refractivity contribution < 1.29 is 5.11 Å². The fourth-order valence-electron chi connectivity index (χ4n) is 0.923. The molecular formula is C11H21NO. The molecule has 0 radical (unpaired) electrons. The Kier molecular flexibility index (Phi) is 9.05. The smallest absolute Gasteiger partial charge is 0.0558 e. The van der Waals surface area contributed by atoms with Gasteiger partial charge in [0.2, 0.25) is 0 Å². The third kappa shape index (κ3) is 9.31. The summed E-state index contributed by atoms with van der Waals surface area (Å²) in [5.41, 5.74) is 0. The van der Waals surface area contributed by atoms with Crippen molar-refractivity contribution in [2.75, 3.05) is 26.7 Å². The third-order valence-electron chi connectivity index (χ3n) is 1.74. The minimum Gasteiger partial charge on any atom is -0.395 e. The van der Waals surface area contributed by atoms with Crippen LogP contribution in [0.5, 0.6) is 0 Å². The van der Waals surface area contributed by atoms with Crippen LogP contribution in [0.1, 0.15) is 19.8 Å². The SMILES string of the molecule is CCCC=CC=CCN(C)CCO. The first-order chi connectivity index (χ1) is 6.31. The predicted octanol–water partition coefficient (Wildman–Crippen LogP) is 1.82. The molecule has 0 saturated heterocycles. The summed E-state index contributed by atoms with van der Waals surface area (Å²) in [5.74, 6) is 0. The maximum Gasteiger partial charge on any atom is 0.0558 e. The van der Waals surface area contributed by atoms with Gasteiger partial charge in [-0.25, -0.2) is 0 Å². The molecule has 0 aliphatic carbocycles. The number of likely N-dealkylation sites (N-methyl/N-ethyl adjacent to an activating group) is 1. The average molecular weight is 183 g/mol. The molecule has 0 aromatic carbocycles. The monoisotopic (exact) mass is 183 g/mol. The van der Waals surface area contributed by atoms with Crippen LogP contribution in [0.2, 0.25) is 0 Å². The van der Waals surface area contributed by atoms with Crippen LogP contribution < -0.4 is 0 Å². The Hall–Kier alpha value is -0.600. The number of aliphatic hydroxyl groups is 1. The standard InChI is InChI=1S/C11H21NO/c1-3-4-5-6-7-8-9-12(2)10-11-13/h5-8,13H,3-4,9-11H2,1-2H3. The lowest BCUT2D eigenvalue weighted by molar-refractivity contribution is 0.232. The van der Waals surface area contributed by atoms with Crippen LogP contribution in [0, 0.1) is 0 Å². The van der Waals surface area contributed by atoms with Gasteiger partial charge in [0.25, 0.3) is 0 Å². The average Bonchev–Trinajstić information content (AvgIpc) is 2.11. The lowest BCUT2D eigenvalue weighted by atomic mass is 10.3. The first-order valence-electron chi connectivity index (χ1n) is 4.92. The zero-order valence-electron chi connectivity index (χ0n) is 8.74. The summed E-state index contributed by atoms with van der Waals surface area (Å²) in [5, 5.41) is 8.63. The number of hydrogen-bond donors (Lipinski definition) is 1. The van der Waals surface area contributed by atoms with Gasteiger partial charge in [0.05, 0.1) is 6.61 Å². The van der Waals surface area contributed by atoms with Crippen molar-refractivity contribution >= 4 is 0 Å². The summed E-state index contributed by atoms with van der Waals surface area (Å²) >= 11 is 0. The number of unbranched alkanes of at least 4 members (excludes halogenated alkanes) is 1. The second-order valence-corrected chi connectivity index (χ2v) is 3.13. The molecule has 2 heteroatoms. The minimum absolute atomic E-state index is 0.232. The molecule has 0 rings (SSSR count). The van der Waals surface area contributed by atoms with E-state index >= 15 is 0 Å². The molecular weight excluding hydrogens is 162 g/mol. The second-order valence-electron chi connectivity index (χ2n) is 3.13. The number of rotatable bonds is 7. The Bertz CT molecular complexity index is 152. The Balaban J connectivity index is 3.39. The molecule has 0 heterocycles. The topological polar surface area (TPSA) is 23.5 Å². The van der Waals surface area contributed by atoms with E-state index in [9.17, 15) is 0 Å². The van der Waals surface area contributed by atoms with Gasteiger partial charge in [-0.2, -0.15) is 0 Å². The highest BCUT2D eigenvalue weighted by atomic mass is 16.3. The Morgan fingerprint density at radius 1 is 1.23 bits per heavy atom. The van der Waals surface area contributed by atoms with Gasteiger partial charge in [-0.1, -0.05) is 37.6 Å². The summed E-state index contributed by atoms with van der Waals surface area (Å²) in [7, 11) is 2.00. The highest BCUT2D eigenvalue weighted by molar-refractivity contribution is 5.02. The first-order valence-corrected chi connectivity index (χ1v) is 4.92. The summed E-state index contributed by atoms with van der Waals surface area (Å²) in [6, 6.07) is 0. The number of hydrogen-bond acceptors (Lipinski definition) is 2. The molecule has 0 amide bonds. The Morgan fingerprint density at radius 2 is 1.92 bits per heavy atom. The van der Waals surface area contributed by atoms with Crippen LogP contribution in [0.15, 0.2) is 24.3 Å². The van der Waals surface area contributed by atoms with Crippen molar-refractivity contribution in [1.29, 1.82) is 0 Å². The van der Waals surface area contributed by atoms with Crippen molar-refractivity contribution in [3.63, 3.8) is 0 Å². The summed E-state index contributed by atoms with van der Waals surface area (Å²) in [6.07, 6.45) is 10.8. The van der Waals surface area contributed by atoms with Gasteiger partial charge in [-0.15, -0.1) is 0 Å². The minimum atomic E-state index is 0.232. The third-order valence-corrected chi connectivity index (χ3v) is 1.74.